The van der Waals surface area contributed by atoms with E-state index in [1.54, 1.807) is 12.1 Å². The van der Waals surface area contributed by atoms with Gasteiger partial charge in [0.15, 0.2) is 11.6 Å². The molecule has 1 unspecified atom stereocenters. The van der Waals surface area contributed by atoms with Gasteiger partial charge in [-0.1, -0.05) is 6.07 Å². The summed E-state index contributed by atoms with van der Waals surface area (Å²) < 4.78 is 18.6. The third kappa shape index (κ3) is 2.82. The number of hydrogen-bond donors (Lipinski definition) is 2. The summed E-state index contributed by atoms with van der Waals surface area (Å²) in [5, 5.41) is 12.9. The van der Waals surface area contributed by atoms with E-state index in [2.05, 4.69) is 5.32 Å². The van der Waals surface area contributed by atoms with E-state index in [9.17, 15) is 9.50 Å². The zero-order valence-corrected chi connectivity index (χ0v) is 10.9. The lowest BCUT2D eigenvalue weighted by Crippen LogP contribution is -2.44. The van der Waals surface area contributed by atoms with E-state index in [4.69, 9.17) is 4.74 Å². The van der Waals surface area contributed by atoms with Crippen LogP contribution in [0.2, 0.25) is 0 Å². The van der Waals surface area contributed by atoms with Gasteiger partial charge in [0.25, 0.3) is 0 Å². The zero-order valence-electron chi connectivity index (χ0n) is 10.9. The molecule has 3 nitrogen and oxygen atoms in total. The number of aliphatic hydroxyl groups excluding tert-OH is 1. The molecule has 0 saturated heterocycles. The van der Waals surface area contributed by atoms with Gasteiger partial charge in [-0.2, -0.15) is 0 Å². The van der Waals surface area contributed by atoms with Crippen molar-refractivity contribution in [3.63, 3.8) is 0 Å². The molecule has 0 radical (unpaired) electrons. The van der Waals surface area contributed by atoms with E-state index in [-0.39, 0.29) is 12.4 Å². The highest BCUT2D eigenvalue weighted by atomic mass is 19.1. The van der Waals surface area contributed by atoms with Crippen LogP contribution in [0.1, 0.15) is 25.3 Å². The van der Waals surface area contributed by atoms with Crippen molar-refractivity contribution in [2.24, 2.45) is 5.92 Å². The Balaban J connectivity index is 2.16. The second-order valence-electron chi connectivity index (χ2n) is 5.16. The number of benzene rings is 1. The molecule has 2 rings (SSSR count). The van der Waals surface area contributed by atoms with Crippen LogP contribution in [-0.4, -0.2) is 25.4 Å². The molecule has 1 atom stereocenters. The second kappa shape index (κ2) is 5.24. The van der Waals surface area contributed by atoms with Crippen LogP contribution in [0, 0.1) is 11.7 Å². The van der Waals surface area contributed by atoms with E-state index in [1.807, 2.05) is 6.92 Å². The summed E-state index contributed by atoms with van der Waals surface area (Å²) >= 11 is 0. The average Bonchev–Trinajstić information content (AvgIpc) is 3.20. The van der Waals surface area contributed by atoms with Gasteiger partial charge in [0.2, 0.25) is 0 Å². The summed E-state index contributed by atoms with van der Waals surface area (Å²) in [6.45, 7) is 2.69. The Labute approximate surface area is 107 Å². The Bertz CT molecular complexity index is 420. The van der Waals surface area contributed by atoms with Crippen molar-refractivity contribution in [3.05, 3.63) is 29.6 Å². The molecule has 100 valence electrons. The van der Waals surface area contributed by atoms with Crippen molar-refractivity contribution in [1.82, 2.24) is 5.32 Å². The fourth-order valence-corrected chi connectivity index (χ4v) is 1.95. The first-order valence-corrected chi connectivity index (χ1v) is 6.29. The van der Waals surface area contributed by atoms with Gasteiger partial charge in [0, 0.05) is 0 Å². The van der Waals surface area contributed by atoms with Gasteiger partial charge in [-0.3, -0.25) is 0 Å². The summed E-state index contributed by atoms with van der Waals surface area (Å²) in [5.41, 5.74) is 0.138. The summed E-state index contributed by atoms with van der Waals surface area (Å²) in [5.74, 6) is 0.531. The van der Waals surface area contributed by atoms with Crippen molar-refractivity contribution in [2.75, 3.05) is 20.3 Å². The molecule has 0 amide bonds. The maximum atomic E-state index is 13.7. The van der Waals surface area contributed by atoms with Gasteiger partial charge in [-0.15, -0.1) is 0 Å². The maximum Gasteiger partial charge on any atom is 0.165 e. The minimum atomic E-state index is -0.601. The lowest BCUT2D eigenvalue weighted by atomic mass is 9.92. The molecule has 0 heterocycles. The van der Waals surface area contributed by atoms with Crippen LogP contribution < -0.4 is 10.1 Å². The van der Waals surface area contributed by atoms with E-state index >= 15 is 0 Å². The van der Waals surface area contributed by atoms with Crippen LogP contribution in [0.25, 0.3) is 0 Å². The Morgan fingerprint density at radius 3 is 2.72 bits per heavy atom. The topological polar surface area (TPSA) is 41.5 Å². The fourth-order valence-electron chi connectivity index (χ4n) is 1.95. The normalized spacial score (nSPS) is 18.4. The molecule has 1 aliphatic carbocycles. The highest BCUT2D eigenvalue weighted by Gasteiger charge is 2.30. The van der Waals surface area contributed by atoms with Gasteiger partial charge in [0.05, 0.1) is 19.3 Å². The minimum Gasteiger partial charge on any atom is -0.494 e. The largest absolute Gasteiger partial charge is 0.494 e. The highest BCUT2D eigenvalue weighted by molar-refractivity contribution is 5.33. The number of halogens is 1. The van der Waals surface area contributed by atoms with Gasteiger partial charge >= 0.3 is 0 Å². The number of nitrogens with one attached hydrogen (secondary N) is 1. The molecule has 0 aromatic heterocycles. The van der Waals surface area contributed by atoms with Crippen molar-refractivity contribution in [2.45, 2.75) is 25.3 Å². The third-order valence-corrected chi connectivity index (χ3v) is 3.58. The number of hydrogen-bond acceptors (Lipinski definition) is 3. The van der Waals surface area contributed by atoms with Crippen molar-refractivity contribution in [3.8, 4) is 5.75 Å². The number of ether oxygens (including phenoxy) is 1. The fraction of sp³-hybridized carbons (Fsp3) is 0.571. The van der Waals surface area contributed by atoms with E-state index in [1.165, 1.54) is 26.0 Å². The van der Waals surface area contributed by atoms with Gasteiger partial charge in [-0.25, -0.2) is 4.39 Å². The molecule has 1 aliphatic rings. The summed E-state index contributed by atoms with van der Waals surface area (Å²) in [7, 11) is 1.44. The Morgan fingerprint density at radius 2 is 2.22 bits per heavy atom. The van der Waals surface area contributed by atoms with Crippen LogP contribution >= 0.6 is 0 Å². The van der Waals surface area contributed by atoms with Gasteiger partial charge in [-0.05, 0) is 49.9 Å². The molecule has 4 heteroatoms. The molecular formula is C14H20FNO2. The van der Waals surface area contributed by atoms with Crippen LogP contribution in [0.5, 0.6) is 5.75 Å². The molecule has 2 N–H and O–H groups in total. The molecule has 1 fully saturated rings. The van der Waals surface area contributed by atoms with E-state index < -0.39 is 11.4 Å². The van der Waals surface area contributed by atoms with E-state index in [0.29, 0.717) is 5.92 Å². The molecular weight excluding hydrogens is 233 g/mol. The molecule has 0 aliphatic heterocycles. The monoisotopic (exact) mass is 253 g/mol. The number of aliphatic hydroxyl groups is 1. The summed E-state index contributed by atoms with van der Waals surface area (Å²) in [6.07, 6.45) is 2.48. The predicted molar refractivity (Wildman–Crippen MR) is 68.1 cm³/mol. The smallest absolute Gasteiger partial charge is 0.165 e. The summed E-state index contributed by atoms with van der Waals surface area (Å²) in [6, 6.07) is 4.81. The van der Waals surface area contributed by atoms with Crippen LogP contribution in [0.3, 0.4) is 0 Å². The second-order valence-corrected chi connectivity index (χ2v) is 5.16. The van der Waals surface area contributed by atoms with Crippen LogP contribution in [-0.2, 0) is 5.54 Å². The molecule has 1 saturated carbocycles. The molecule has 0 bridgehead atoms. The number of methoxy groups -OCH3 is 1. The van der Waals surface area contributed by atoms with Crippen molar-refractivity contribution < 1.29 is 14.2 Å². The molecule has 1 aromatic rings. The zero-order chi connectivity index (χ0) is 13.2. The van der Waals surface area contributed by atoms with Gasteiger partial charge < -0.3 is 15.2 Å². The Kier molecular flexibility index (Phi) is 3.88. The Hall–Kier alpha value is -1.13. The third-order valence-electron chi connectivity index (χ3n) is 3.58. The lowest BCUT2D eigenvalue weighted by Gasteiger charge is -2.30. The van der Waals surface area contributed by atoms with Crippen LogP contribution in [0.15, 0.2) is 18.2 Å². The lowest BCUT2D eigenvalue weighted by molar-refractivity contribution is 0.173. The highest BCUT2D eigenvalue weighted by Crippen LogP contribution is 2.30. The number of rotatable bonds is 6. The summed E-state index contributed by atoms with van der Waals surface area (Å²) in [4.78, 5) is 0. The Morgan fingerprint density at radius 1 is 1.50 bits per heavy atom. The molecule has 0 spiro atoms. The van der Waals surface area contributed by atoms with Crippen molar-refractivity contribution in [1.29, 1.82) is 0 Å². The maximum absolute atomic E-state index is 13.7. The first kappa shape index (κ1) is 13.3. The van der Waals surface area contributed by atoms with Crippen LogP contribution in [0.4, 0.5) is 4.39 Å². The molecule has 18 heavy (non-hydrogen) atoms. The minimum absolute atomic E-state index is 0.0640. The molecule has 1 aromatic carbocycles. The first-order valence-electron chi connectivity index (χ1n) is 6.29. The van der Waals surface area contributed by atoms with Gasteiger partial charge in [0.1, 0.15) is 0 Å². The predicted octanol–water partition coefficient (Wildman–Crippen LogP) is 2.04. The van der Waals surface area contributed by atoms with E-state index in [0.717, 1.165) is 12.1 Å². The quantitative estimate of drug-likeness (QED) is 0.815. The first-order chi connectivity index (χ1) is 8.59. The van der Waals surface area contributed by atoms with Crippen molar-refractivity contribution >= 4 is 0 Å². The standard InChI is InChI=1S/C14H20FNO2/c1-14(9-17,16-8-10-3-4-10)11-5-6-13(18-2)12(15)7-11/h5-7,10,16-17H,3-4,8-9H2,1-2H3. The SMILES string of the molecule is COc1ccc(C(C)(CO)NCC2CC2)cc1F. The average molecular weight is 253 g/mol.